The molecule has 5 heteroatoms. The van der Waals surface area contributed by atoms with E-state index in [4.69, 9.17) is 16.4 Å². The van der Waals surface area contributed by atoms with Gasteiger partial charge in [0.1, 0.15) is 12.2 Å². The van der Waals surface area contributed by atoms with Crippen molar-refractivity contribution in [2.75, 3.05) is 11.6 Å². The fraction of sp³-hybridized carbons (Fsp3) is 0.250. The molecular weight excluding hydrogens is 168 g/mol. The number of nitrogens with zero attached hydrogens (tertiary/aromatic N) is 2. The molecule has 1 aromatic heterocycles. The molecule has 0 aliphatic heterocycles. The van der Waals surface area contributed by atoms with Crippen molar-refractivity contribution in [2.45, 2.75) is 6.42 Å². The van der Waals surface area contributed by atoms with Crippen LogP contribution >= 0.6 is 0 Å². The van der Waals surface area contributed by atoms with Crippen LogP contribution in [0.3, 0.4) is 0 Å². The first-order chi connectivity index (χ1) is 6.27. The summed E-state index contributed by atoms with van der Waals surface area (Å²) in [6, 6.07) is 3.54. The monoisotopic (exact) mass is 180 g/mol. The molecule has 0 aliphatic carbocycles. The molecule has 5 nitrogen and oxygen atoms in total. The largest absolute Gasteiger partial charge is 0.396 e. The third-order valence-corrected chi connectivity index (χ3v) is 1.61. The molecule has 0 radical (unpaired) electrons. The smallest absolute Gasteiger partial charge is 0.148 e. The molecule has 0 unspecified atom stereocenters. The molecule has 0 saturated carbocycles. The second-order valence-electron chi connectivity index (χ2n) is 2.53. The Morgan fingerprint density at radius 2 is 2.46 bits per heavy atom. The number of nitrogens with one attached hydrogen (secondary N) is 1. The van der Waals surface area contributed by atoms with Gasteiger partial charge in [0.15, 0.2) is 0 Å². The minimum atomic E-state index is 0.0958. The summed E-state index contributed by atoms with van der Waals surface area (Å²) in [5, 5.41) is 16.7. The Morgan fingerprint density at radius 3 is 3.08 bits per heavy atom. The van der Waals surface area contributed by atoms with Gasteiger partial charge in [-0.2, -0.15) is 0 Å². The number of aliphatic hydroxyl groups is 1. The van der Waals surface area contributed by atoms with Crippen molar-refractivity contribution in [1.82, 2.24) is 4.98 Å². The van der Waals surface area contributed by atoms with E-state index in [-0.39, 0.29) is 6.61 Å². The number of hydrazine groups is 1. The van der Waals surface area contributed by atoms with Crippen LogP contribution in [-0.2, 0) is 6.42 Å². The van der Waals surface area contributed by atoms with E-state index in [1.165, 1.54) is 0 Å². The quantitative estimate of drug-likeness (QED) is 0.261. The first-order valence-electron chi connectivity index (χ1n) is 3.88. The molecule has 0 aliphatic rings. The number of pyridine rings is 1. The van der Waals surface area contributed by atoms with Crippen LogP contribution in [0.25, 0.3) is 0 Å². The maximum Gasteiger partial charge on any atom is 0.148 e. The van der Waals surface area contributed by atoms with Gasteiger partial charge in [-0.25, -0.2) is 10.8 Å². The first kappa shape index (κ1) is 9.63. The van der Waals surface area contributed by atoms with Crippen molar-refractivity contribution in [1.29, 1.82) is 5.41 Å². The van der Waals surface area contributed by atoms with Gasteiger partial charge in [-0.15, -0.1) is 0 Å². The van der Waals surface area contributed by atoms with Crippen LogP contribution in [0.5, 0.6) is 0 Å². The van der Waals surface area contributed by atoms with Gasteiger partial charge in [0.05, 0.1) is 0 Å². The fourth-order valence-corrected chi connectivity index (χ4v) is 0.953. The Kier molecular flexibility index (Phi) is 3.36. The zero-order chi connectivity index (χ0) is 9.68. The van der Waals surface area contributed by atoms with E-state index < -0.39 is 0 Å². The molecule has 1 aromatic rings. The summed E-state index contributed by atoms with van der Waals surface area (Å²) in [7, 11) is 0. The second kappa shape index (κ2) is 4.54. The summed E-state index contributed by atoms with van der Waals surface area (Å²) < 4.78 is 0. The number of aliphatic hydroxyl groups excluding tert-OH is 1. The van der Waals surface area contributed by atoms with E-state index in [0.29, 0.717) is 12.2 Å². The van der Waals surface area contributed by atoms with Gasteiger partial charge in [0.25, 0.3) is 0 Å². The van der Waals surface area contributed by atoms with Gasteiger partial charge in [-0.05, 0) is 24.1 Å². The van der Waals surface area contributed by atoms with Gasteiger partial charge >= 0.3 is 0 Å². The summed E-state index contributed by atoms with van der Waals surface area (Å²) in [5.74, 6) is 5.93. The zero-order valence-corrected chi connectivity index (χ0v) is 7.14. The first-order valence-corrected chi connectivity index (χ1v) is 3.88. The predicted octanol–water partition coefficient (Wildman–Crippen LogP) is -0.0964. The molecule has 0 atom stereocenters. The van der Waals surface area contributed by atoms with Crippen LogP contribution in [0.2, 0.25) is 0 Å². The third kappa shape index (κ3) is 2.50. The van der Waals surface area contributed by atoms with E-state index in [0.717, 1.165) is 16.9 Å². The minimum absolute atomic E-state index is 0.0958. The molecule has 4 N–H and O–H groups in total. The van der Waals surface area contributed by atoms with Crippen molar-refractivity contribution in [3.05, 3.63) is 23.9 Å². The molecule has 1 heterocycles. The molecule has 0 saturated heterocycles. The van der Waals surface area contributed by atoms with Crippen LogP contribution in [0.15, 0.2) is 18.3 Å². The predicted molar refractivity (Wildman–Crippen MR) is 50.5 cm³/mol. The van der Waals surface area contributed by atoms with Gasteiger partial charge in [-0.3, -0.25) is 10.4 Å². The number of nitrogens with two attached hydrogens (primary N) is 1. The standard InChI is InChI=1S/C8H12N4O/c9-6-12(10)8-5-7(2-4-13)1-3-11-8/h1,3,5-6,9,13H,2,4,10H2. The molecule has 13 heavy (non-hydrogen) atoms. The highest BCUT2D eigenvalue weighted by Crippen LogP contribution is 2.08. The number of hydrogen-bond acceptors (Lipinski definition) is 4. The lowest BCUT2D eigenvalue weighted by atomic mass is 10.2. The fourth-order valence-electron chi connectivity index (χ4n) is 0.953. The maximum absolute atomic E-state index is 8.70. The lowest BCUT2D eigenvalue weighted by Crippen LogP contribution is -2.29. The van der Waals surface area contributed by atoms with E-state index in [1.54, 1.807) is 18.3 Å². The van der Waals surface area contributed by atoms with Crippen LogP contribution in [0.1, 0.15) is 5.56 Å². The lowest BCUT2D eigenvalue weighted by molar-refractivity contribution is 0.299. The number of rotatable bonds is 4. The highest BCUT2D eigenvalue weighted by molar-refractivity contribution is 5.73. The van der Waals surface area contributed by atoms with E-state index >= 15 is 0 Å². The van der Waals surface area contributed by atoms with E-state index in [2.05, 4.69) is 4.98 Å². The molecule has 70 valence electrons. The summed E-state index contributed by atoms with van der Waals surface area (Å²) in [4.78, 5) is 3.96. The highest BCUT2D eigenvalue weighted by atomic mass is 16.2. The van der Waals surface area contributed by atoms with Crippen LogP contribution < -0.4 is 10.9 Å². The average molecular weight is 180 g/mol. The Balaban J connectivity index is 2.84. The van der Waals surface area contributed by atoms with Crippen molar-refractivity contribution >= 4 is 12.2 Å². The highest BCUT2D eigenvalue weighted by Gasteiger charge is 2.00. The number of aromatic nitrogens is 1. The van der Waals surface area contributed by atoms with E-state index in [9.17, 15) is 0 Å². The summed E-state index contributed by atoms with van der Waals surface area (Å²) in [6.07, 6.45) is 3.15. The zero-order valence-electron chi connectivity index (χ0n) is 7.14. The topological polar surface area (TPSA) is 86.2 Å². The van der Waals surface area contributed by atoms with Gasteiger partial charge in [0.2, 0.25) is 0 Å². The molecule has 0 spiro atoms. The van der Waals surface area contributed by atoms with Gasteiger partial charge in [-0.1, -0.05) is 0 Å². The van der Waals surface area contributed by atoms with Crippen LogP contribution in [0.4, 0.5) is 5.82 Å². The summed E-state index contributed by atoms with van der Waals surface area (Å²) in [5.41, 5.74) is 0.949. The summed E-state index contributed by atoms with van der Waals surface area (Å²) in [6.45, 7) is 0.0958. The normalized spacial score (nSPS) is 9.69. The van der Waals surface area contributed by atoms with Crippen LogP contribution in [-0.4, -0.2) is 23.0 Å². The van der Waals surface area contributed by atoms with Crippen molar-refractivity contribution in [2.24, 2.45) is 5.84 Å². The Morgan fingerprint density at radius 1 is 1.69 bits per heavy atom. The van der Waals surface area contributed by atoms with Crippen molar-refractivity contribution in [3.63, 3.8) is 0 Å². The molecular formula is C8H12N4O. The summed E-state index contributed by atoms with van der Waals surface area (Å²) >= 11 is 0. The second-order valence-corrected chi connectivity index (χ2v) is 2.53. The van der Waals surface area contributed by atoms with Gasteiger partial charge < -0.3 is 5.11 Å². The number of hydrogen-bond donors (Lipinski definition) is 3. The Bertz CT molecular complexity index is 289. The minimum Gasteiger partial charge on any atom is -0.396 e. The number of anilines is 1. The lowest BCUT2D eigenvalue weighted by Gasteiger charge is -2.10. The Hall–Kier alpha value is -1.46. The molecule has 0 amide bonds. The van der Waals surface area contributed by atoms with Crippen molar-refractivity contribution in [3.8, 4) is 0 Å². The van der Waals surface area contributed by atoms with Crippen LogP contribution in [0, 0.1) is 5.41 Å². The van der Waals surface area contributed by atoms with Crippen molar-refractivity contribution < 1.29 is 5.11 Å². The van der Waals surface area contributed by atoms with Gasteiger partial charge in [0, 0.05) is 12.8 Å². The third-order valence-electron chi connectivity index (χ3n) is 1.61. The Labute approximate surface area is 76.3 Å². The molecule has 0 bridgehead atoms. The molecule has 1 rings (SSSR count). The maximum atomic E-state index is 8.70. The molecule has 0 fully saturated rings. The SMILES string of the molecule is N=CN(N)c1cc(CCO)ccn1. The average Bonchev–Trinajstić information content (AvgIpc) is 2.18. The molecule has 0 aromatic carbocycles. The van der Waals surface area contributed by atoms with E-state index in [1.807, 2.05) is 0 Å².